The van der Waals surface area contributed by atoms with Crippen LogP contribution in [-0.4, -0.2) is 109 Å². The van der Waals surface area contributed by atoms with Crippen LogP contribution in [0.3, 0.4) is 0 Å². The van der Waals surface area contributed by atoms with Crippen molar-refractivity contribution in [3.05, 3.63) is 89.2 Å². The van der Waals surface area contributed by atoms with Gasteiger partial charge in [-0.1, -0.05) is 30.3 Å². The summed E-state index contributed by atoms with van der Waals surface area (Å²) in [6, 6.07) is 17.3. The lowest BCUT2D eigenvalue weighted by Gasteiger charge is -2.29. The maximum absolute atomic E-state index is 14.4. The third-order valence-electron chi connectivity index (χ3n) is 13.7. The van der Waals surface area contributed by atoms with Crippen LogP contribution in [0, 0.1) is 24.7 Å². The average molecular weight is 1030 g/mol. The van der Waals surface area contributed by atoms with Crippen molar-refractivity contribution in [1.29, 1.82) is 0 Å². The predicted octanol–water partition coefficient (Wildman–Crippen LogP) is 8.77. The Bertz CT molecular complexity index is 2710. The van der Waals surface area contributed by atoms with Crippen LogP contribution in [0.4, 0.5) is 32.8 Å². The molecule has 0 spiro atoms. The largest absolute Gasteiger partial charge is 0.477 e. The second kappa shape index (κ2) is 21.8. The molecule has 4 aromatic rings. The molecule has 1 aromatic heterocycles. The number of alkyl carbamates (subject to hydrolysis) is 1. The maximum Gasteiger partial charge on any atom is 0.411 e. The second-order valence-corrected chi connectivity index (χ2v) is 21.5. The summed E-state index contributed by atoms with van der Waals surface area (Å²) in [7, 11) is 0. The number of amides is 5. The molecule has 1 saturated heterocycles. The van der Waals surface area contributed by atoms with E-state index in [4.69, 9.17) is 14.6 Å². The number of likely N-dealkylation sites (tertiary alicyclic amines) is 1. The Morgan fingerprint density at radius 1 is 0.811 bits per heavy atom. The SMILES string of the molecule is Cc1cc(C(=O)NC2CCC3C2CCN3C(=O)OC(C)(C)C)ccc1-c1ccc(CC(NC(=O)C2CCC(CNC(=O)OC(C)(C)C)CC2)C(=O)Nc2ccc(-c3n[nH]c(C(F)(F)C(F)(F)C(=O)O)n3)cc2)cc1. The van der Waals surface area contributed by atoms with E-state index < -0.39 is 64.6 Å². The number of hydrogen-bond donors (Lipinski definition) is 6. The third kappa shape index (κ3) is 13.0. The van der Waals surface area contributed by atoms with E-state index >= 15 is 0 Å². The Balaban J connectivity index is 1.01. The third-order valence-corrected chi connectivity index (χ3v) is 13.7. The summed E-state index contributed by atoms with van der Waals surface area (Å²) < 4.78 is 67.4. The van der Waals surface area contributed by atoms with Crippen LogP contribution >= 0.6 is 0 Å². The number of aromatic nitrogens is 3. The molecule has 74 heavy (non-hydrogen) atoms. The molecule has 3 aromatic carbocycles. The lowest BCUT2D eigenvalue weighted by Crippen LogP contribution is -2.48. The van der Waals surface area contributed by atoms with Gasteiger partial charge in [-0.15, -0.1) is 0 Å². The first-order valence-electron chi connectivity index (χ1n) is 24.8. The summed E-state index contributed by atoms with van der Waals surface area (Å²) in [5.41, 5.74) is 2.89. The first-order valence-corrected chi connectivity index (χ1v) is 24.8. The number of rotatable bonds is 15. The Kier molecular flexibility index (Phi) is 16.1. The standard InChI is InChI=1S/C53H64F4N8O9/c1-29-26-35(44(67)60-39-22-23-41-38(39)24-25-65(41)49(72)74-51(5,6)7)18-21-37(29)32-12-8-30(9-13-32)27-40(61-43(66)34-14-10-31(11-15-34)28-58-48(71)73-50(2,3)4)45(68)59-36-19-16-33(17-20-36)42-62-46(64-63-42)52(54,55)53(56,57)47(69)70/h8-9,12-13,16-21,26,31,34,38-41H,10-11,14-15,22-25,27-28H2,1-7H3,(H,58,71)(H,59,68)(H,60,67)(H,61,66)(H,69,70)(H,62,63,64). The number of ether oxygens (including phenoxy) is 2. The summed E-state index contributed by atoms with van der Waals surface area (Å²) in [6.45, 7) is 13.7. The minimum Gasteiger partial charge on any atom is -0.477 e. The van der Waals surface area contributed by atoms with Gasteiger partial charge in [0, 0.05) is 60.2 Å². The van der Waals surface area contributed by atoms with Gasteiger partial charge in [0.2, 0.25) is 17.6 Å². The quantitative estimate of drug-likeness (QED) is 0.0616. The Hall–Kier alpha value is -7.06. The van der Waals surface area contributed by atoms with Crippen molar-refractivity contribution in [3.63, 3.8) is 0 Å². The number of benzene rings is 3. The summed E-state index contributed by atoms with van der Waals surface area (Å²) in [4.78, 5) is 82.6. The molecule has 0 radical (unpaired) electrons. The molecule has 2 heterocycles. The van der Waals surface area contributed by atoms with Crippen LogP contribution in [0.15, 0.2) is 66.7 Å². The van der Waals surface area contributed by atoms with Gasteiger partial charge in [0.15, 0.2) is 5.82 Å². The van der Waals surface area contributed by atoms with Gasteiger partial charge in [0.1, 0.15) is 17.2 Å². The average Bonchev–Trinajstić information content (AvgIpc) is 4.09. The van der Waals surface area contributed by atoms with Crippen molar-refractivity contribution in [3.8, 4) is 22.5 Å². The van der Waals surface area contributed by atoms with Crippen molar-refractivity contribution in [1.82, 2.24) is 36.0 Å². The zero-order valence-corrected chi connectivity index (χ0v) is 42.5. The van der Waals surface area contributed by atoms with Gasteiger partial charge in [-0.3, -0.25) is 19.5 Å². The molecule has 4 atom stereocenters. The molecular weight excluding hydrogens is 969 g/mol. The first kappa shape index (κ1) is 54.7. The van der Waals surface area contributed by atoms with Crippen LogP contribution in [0.5, 0.6) is 0 Å². The number of carbonyl (C=O) groups is 6. The maximum atomic E-state index is 14.4. The lowest BCUT2D eigenvalue weighted by molar-refractivity contribution is -0.231. The van der Waals surface area contributed by atoms with E-state index in [2.05, 4.69) is 31.3 Å². The minimum absolute atomic E-state index is 0.0181. The molecule has 4 unspecified atom stereocenters. The Morgan fingerprint density at radius 3 is 2.08 bits per heavy atom. The Morgan fingerprint density at radius 2 is 1.46 bits per heavy atom. The number of aromatic amines is 1. The number of anilines is 1. The van der Waals surface area contributed by atoms with Crippen LogP contribution in [-0.2, 0) is 36.2 Å². The molecule has 5 amide bonds. The van der Waals surface area contributed by atoms with E-state index in [-0.39, 0.29) is 59.5 Å². The summed E-state index contributed by atoms with van der Waals surface area (Å²) in [5.74, 6) is -17.0. The van der Waals surface area contributed by atoms with Crippen molar-refractivity contribution in [2.45, 2.75) is 141 Å². The molecule has 3 fully saturated rings. The monoisotopic (exact) mass is 1030 g/mol. The summed E-state index contributed by atoms with van der Waals surface area (Å²) in [5, 5.41) is 25.6. The highest BCUT2D eigenvalue weighted by atomic mass is 19.3. The molecule has 21 heteroatoms. The number of carboxylic acids is 1. The fraction of sp³-hybridized carbons (Fsp3) is 0.509. The van der Waals surface area contributed by atoms with Crippen LogP contribution in [0.2, 0.25) is 0 Å². The number of fused-ring (bicyclic) bond motifs is 1. The van der Waals surface area contributed by atoms with Crippen LogP contribution < -0.4 is 21.3 Å². The zero-order valence-electron chi connectivity index (χ0n) is 42.5. The number of aliphatic carboxylic acids is 1. The molecule has 7 rings (SSSR count). The van der Waals surface area contributed by atoms with E-state index in [0.29, 0.717) is 49.9 Å². The first-order chi connectivity index (χ1) is 34.7. The predicted molar refractivity (Wildman–Crippen MR) is 264 cm³/mol. The fourth-order valence-corrected chi connectivity index (χ4v) is 9.86. The number of aryl methyl sites for hydroxylation is 1. The number of alkyl halides is 4. The van der Waals surface area contributed by atoms with Gasteiger partial charge < -0.3 is 40.7 Å². The molecular formula is C53H64F4N8O9. The van der Waals surface area contributed by atoms with Gasteiger partial charge in [-0.25, -0.2) is 19.4 Å². The minimum atomic E-state index is -5.47. The van der Waals surface area contributed by atoms with E-state index in [1.807, 2.05) is 64.1 Å². The van der Waals surface area contributed by atoms with E-state index in [0.717, 1.165) is 36.0 Å². The summed E-state index contributed by atoms with van der Waals surface area (Å²) in [6.07, 6.45) is 3.93. The number of hydrogen-bond acceptors (Lipinski definition) is 10. The lowest BCUT2D eigenvalue weighted by atomic mass is 9.81. The topological polar surface area (TPSA) is 234 Å². The van der Waals surface area contributed by atoms with Gasteiger partial charge in [-0.05, 0) is 158 Å². The molecule has 0 bridgehead atoms. The highest BCUT2D eigenvalue weighted by Crippen LogP contribution is 2.42. The normalized spacial score (nSPS) is 20.5. The molecule has 1 aliphatic heterocycles. The molecule has 2 saturated carbocycles. The Labute approximate surface area is 426 Å². The van der Waals surface area contributed by atoms with E-state index in [1.54, 1.807) is 36.8 Å². The van der Waals surface area contributed by atoms with Gasteiger partial charge in [-0.2, -0.15) is 22.7 Å². The number of nitrogens with one attached hydrogen (secondary N) is 5. The number of halogens is 4. The smallest absolute Gasteiger partial charge is 0.411 e. The van der Waals surface area contributed by atoms with Gasteiger partial charge in [0.05, 0.1) is 0 Å². The second-order valence-electron chi connectivity index (χ2n) is 21.5. The number of carboxylic acid groups (broad SMARTS) is 1. The van der Waals surface area contributed by atoms with E-state index in [9.17, 15) is 46.3 Å². The highest BCUT2D eigenvalue weighted by Gasteiger charge is 2.65. The van der Waals surface area contributed by atoms with Crippen LogP contribution in [0.25, 0.3) is 22.5 Å². The number of nitrogens with zero attached hydrogens (tertiary/aromatic N) is 3. The van der Waals surface area contributed by atoms with Crippen LogP contribution in [0.1, 0.15) is 114 Å². The van der Waals surface area contributed by atoms with Crippen molar-refractivity contribution in [2.24, 2.45) is 17.8 Å². The van der Waals surface area contributed by atoms with Crippen molar-refractivity contribution in [2.75, 3.05) is 18.4 Å². The zero-order chi connectivity index (χ0) is 53.9. The molecule has 3 aliphatic rings. The van der Waals surface area contributed by atoms with E-state index in [1.165, 1.54) is 24.3 Å². The van der Waals surface area contributed by atoms with Crippen molar-refractivity contribution >= 4 is 41.6 Å². The fourth-order valence-electron chi connectivity index (χ4n) is 9.86. The molecule has 17 nitrogen and oxygen atoms in total. The molecule has 6 N–H and O–H groups in total. The molecule has 398 valence electrons. The summed E-state index contributed by atoms with van der Waals surface area (Å²) >= 11 is 0. The van der Waals surface area contributed by atoms with Gasteiger partial charge >= 0.3 is 30.0 Å². The number of carbonyl (C=O) groups excluding carboxylic acids is 5. The molecule has 2 aliphatic carbocycles. The van der Waals surface area contributed by atoms with Crippen molar-refractivity contribution < 1.29 is 60.9 Å². The van der Waals surface area contributed by atoms with Gasteiger partial charge in [0.25, 0.3) is 5.91 Å². The number of H-pyrrole nitrogens is 1. The highest BCUT2D eigenvalue weighted by molar-refractivity contribution is 5.98.